The maximum atomic E-state index is 12.2. The fourth-order valence-electron chi connectivity index (χ4n) is 2.61. The minimum Gasteiger partial charge on any atom is -0.507 e. The third-order valence-electron chi connectivity index (χ3n) is 3.85. The average molecular weight is 344 g/mol. The zero-order chi connectivity index (χ0) is 17.3. The second kappa shape index (κ2) is 6.37. The van der Waals surface area contributed by atoms with Crippen LogP contribution in [0.3, 0.4) is 0 Å². The van der Waals surface area contributed by atoms with E-state index in [0.717, 1.165) is 0 Å². The minimum absolute atomic E-state index is 0.0155. The van der Waals surface area contributed by atoms with Crippen LogP contribution in [0.25, 0.3) is 5.76 Å². The molecule has 1 atom stereocenters. The molecule has 1 aliphatic rings. The Bertz CT molecular complexity index is 842. The third-order valence-corrected chi connectivity index (χ3v) is 4.19. The van der Waals surface area contributed by atoms with Gasteiger partial charge >= 0.3 is 0 Å². The summed E-state index contributed by atoms with van der Waals surface area (Å²) in [6.45, 7) is 0. The molecule has 0 radical (unpaired) electrons. The number of Topliss-reactive ketones (excluding diaryl/α,β-unsaturated/α-hetero) is 1. The van der Waals surface area contributed by atoms with E-state index in [2.05, 4.69) is 5.32 Å². The molecule has 0 saturated carbocycles. The van der Waals surface area contributed by atoms with Gasteiger partial charge in [-0.05, 0) is 35.9 Å². The number of benzene rings is 2. The van der Waals surface area contributed by atoms with Crippen molar-refractivity contribution in [2.75, 3.05) is 7.11 Å². The van der Waals surface area contributed by atoms with E-state index in [1.54, 1.807) is 48.5 Å². The van der Waals surface area contributed by atoms with Crippen LogP contribution in [0.1, 0.15) is 17.2 Å². The molecule has 0 aliphatic carbocycles. The van der Waals surface area contributed by atoms with E-state index >= 15 is 0 Å². The molecule has 2 aromatic rings. The van der Waals surface area contributed by atoms with Crippen molar-refractivity contribution in [2.45, 2.75) is 6.04 Å². The van der Waals surface area contributed by atoms with Crippen molar-refractivity contribution in [1.29, 1.82) is 0 Å². The lowest BCUT2D eigenvalue weighted by Crippen LogP contribution is -2.21. The highest BCUT2D eigenvalue weighted by Gasteiger charge is 2.40. The fourth-order valence-corrected chi connectivity index (χ4v) is 2.86. The third kappa shape index (κ3) is 2.74. The average Bonchev–Trinajstić information content (AvgIpc) is 2.90. The van der Waals surface area contributed by atoms with Gasteiger partial charge in [-0.15, -0.1) is 0 Å². The van der Waals surface area contributed by atoms with Gasteiger partial charge in [-0.25, -0.2) is 0 Å². The van der Waals surface area contributed by atoms with Crippen LogP contribution >= 0.6 is 11.6 Å². The van der Waals surface area contributed by atoms with Gasteiger partial charge in [0.25, 0.3) is 11.7 Å². The Kier molecular flexibility index (Phi) is 4.27. The van der Waals surface area contributed by atoms with Crippen molar-refractivity contribution >= 4 is 29.1 Å². The van der Waals surface area contributed by atoms with Gasteiger partial charge in [0.15, 0.2) is 0 Å². The number of amides is 1. The van der Waals surface area contributed by atoms with Crippen molar-refractivity contribution in [3.05, 3.63) is 70.3 Å². The molecule has 122 valence electrons. The van der Waals surface area contributed by atoms with Crippen molar-refractivity contribution < 1.29 is 19.4 Å². The van der Waals surface area contributed by atoms with Gasteiger partial charge in [0.2, 0.25) is 0 Å². The number of ketones is 1. The van der Waals surface area contributed by atoms with E-state index in [1.807, 2.05) is 0 Å². The number of aliphatic hydroxyl groups is 1. The Labute approximate surface area is 143 Å². The summed E-state index contributed by atoms with van der Waals surface area (Å²) < 4.78 is 5.07. The normalized spacial score (nSPS) is 19.2. The lowest BCUT2D eigenvalue weighted by molar-refractivity contribution is -0.133. The molecule has 1 saturated heterocycles. The summed E-state index contributed by atoms with van der Waals surface area (Å²) in [6.07, 6.45) is 0. The van der Waals surface area contributed by atoms with Crippen LogP contribution in [-0.4, -0.2) is 23.9 Å². The summed E-state index contributed by atoms with van der Waals surface area (Å²) in [5.74, 6) is -1.18. The molecule has 5 nitrogen and oxygen atoms in total. The first-order chi connectivity index (χ1) is 11.5. The topological polar surface area (TPSA) is 75.6 Å². The minimum atomic E-state index is -0.791. The van der Waals surface area contributed by atoms with E-state index < -0.39 is 17.7 Å². The molecular weight excluding hydrogens is 330 g/mol. The Morgan fingerprint density at radius 1 is 1.12 bits per heavy atom. The number of nitrogens with one attached hydrogen (secondary N) is 1. The number of hydrogen-bond donors (Lipinski definition) is 2. The lowest BCUT2D eigenvalue weighted by atomic mass is 9.96. The smallest absolute Gasteiger partial charge is 0.293 e. The molecule has 1 amide bonds. The first kappa shape index (κ1) is 16.1. The summed E-state index contributed by atoms with van der Waals surface area (Å²) in [4.78, 5) is 24.1. The molecule has 1 aliphatic heterocycles. The number of carbonyl (C=O) groups excluding carboxylic acids is 2. The first-order valence-electron chi connectivity index (χ1n) is 7.20. The standard InChI is InChI=1S/C18H14ClNO4/c1-24-11-8-6-10(7-9-11)16(21)14-15(20-18(23)17(14)22)12-4-2-3-5-13(12)19/h2-9,15,21H,1H3,(H,20,23)/t15-/m0/s1. The van der Waals surface area contributed by atoms with Crippen molar-refractivity contribution in [1.82, 2.24) is 5.32 Å². The van der Waals surface area contributed by atoms with Crippen LogP contribution in [-0.2, 0) is 9.59 Å². The van der Waals surface area contributed by atoms with E-state index in [4.69, 9.17) is 16.3 Å². The molecule has 3 rings (SSSR count). The van der Waals surface area contributed by atoms with Crippen LogP contribution in [0, 0.1) is 0 Å². The molecule has 1 fully saturated rings. The molecule has 0 spiro atoms. The summed E-state index contributed by atoms with van der Waals surface area (Å²) in [6, 6.07) is 12.6. The number of halogens is 1. The number of rotatable bonds is 3. The molecule has 0 unspecified atom stereocenters. The van der Waals surface area contributed by atoms with Crippen LogP contribution in [0.4, 0.5) is 0 Å². The second-order valence-corrected chi connectivity index (χ2v) is 5.66. The highest BCUT2D eigenvalue weighted by Crippen LogP contribution is 2.36. The van der Waals surface area contributed by atoms with Gasteiger partial charge in [0.05, 0.1) is 18.7 Å². The predicted octanol–water partition coefficient (Wildman–Crippen LogP) is 3.06. The van der Waals surface area contributed by atoms with Gasteiger partial charge in [0, 0.05) is 10.6 Å². The van der Waals surface area contributed by atoms with Gasteiger partial charge < -0.3 is 15.2 Å². The monoisotopic (exact) mass is 343 g/mol. The Morgan fingerprint density at radius 2 is 1.79 bits per heavy atom. The number of carbonyl (C=O) groups is 2. The quantitative estimate of drug-likeness (QED) is 0.510. The van der Waals surface area contributed by atoms with Crippen LogP contribution in [0.15, 0.2) is 54.1 Å². The van der Waals surface area contributed by atoms with Crippen molar-refractivity contribution in [2.24, 2.45) is 0 Å². The Balaban J connectivity index is 2.11. The maximum absolute atomic E-state index is 12.2. The summed E-state index contributed by atoms with van der Waals surface area (Å²) >= 11 is 6.17. The van der Waals surface area contributed by atoms with E-state index in [0.29, 0.717) is 21.9 Å². The highest BCUT2D eigenvalue weighted by atomic mass is 35.5. The number of ether oxygens (including phenoxy) is 1. The van der Waals surface area contributed by atoms with Crippen LogP contribution < -0.4 is 10.1 Å². The Morgan fingerprint density at radius 3 is 2.42 bits per heavy atom. The van der Waals surface area contributed by atoms with Gasteiger partial charge in [-0.3, -0.25) is 9.59 Å². The molecule has 0 bridgehead atoms. The molecule has 1 heterocycles. The molecule has 0 aromatic heterocycles. The van der Waals surface area contributed by atoms with E-state index in [1.165, 1.54) is 7.11 Å². The number of methoxy groups -OCH3 is 1. The second-order valence-electron chi connectivity index (χ2n) is 5.25. The van der Waals surface area contributed by atoms with Crippen LogP contribution in [0.5, 0.6) is 5.75 Å². The maximum Gasteiger partial charge on any atom is 0.293 e. The van der Waals surface area contributed by atoms with Crippen LogP contribution in [0.2, 0.25) is 5.02 Å². The predicted molar refractivity (Wildman–Crippen MR) is 89.9 cm³/mol. The van der Waals surface area contributed by atoms with E-state index in [-0.39, 0.29) is 11.3 Å². The Hall–Kier alpha value is -2.79. The molecular formula is C18H14ClNO4. The largest absolute Gasteiger partial charge is 0.507 e. The lowest BCUT2D eigenvalue weighted by Gasteiger charge is -2.15. The molecule has 6 heteroatoms. The highest BCUT2D eigenvalue weighted by molar-refractivity contribution is 6.47. The zero-order valence-corrected chi connectivity index (χ0v) is 13.5. The fraction of sp³-hybridized carbons (Fsp3) is 0.111. The molecule has 2 N–H and O–H groups in total. The van der Waals surface area contributed by atoms with E-state index in [9.17, 15) is 14.7 Å². The first-order valence-corrected chi connectivity index (χ1v) is 7.58. The van der Waals surface area contributed by atoms with Gasteiger partial charge in [-0.2, -0.15) is 0 Å². The van der Waals surface area contributed by atoms with Crippen molar-refractivity contribution in [3.63, 3.8) is 0 Å². The molecule has 24 heavy (non-hydrogen) atoms. The number of aliphatic hydroxyl groups excluding tert-OH is 1. The summed E-state index contributed by atoms with van der Waals surface area (Å²) in [5, 5.41) is 13.5. The summed E-state index contributed by atoms with van der Waals surface area (Å²) in [7, 11) is 1.53. The number of hydrogen-bond acceptors (Lipinski definition) is 4. The van der Waals surface area contributed by atoms with Crippen molar-refractivity contribution in [3.8, 4) is 5.75 Å². The molecule has 2 aromatic carbocycles. The summed E-state index contributed by atoms with van der Waals surface area (Å²) in [5.41, 5.74) is 0.944. The van der Waals surface area contributed by atoms with Gasteiger partial charge in [-0.1, -0.05) is 29.8 Å². The zero-order valence-electron chi connectivity index (χ0n) is 12.7. The van der Waals surface area contributed by atoms with Gasteiger partial charge in [0.1, 0.15) is 11.5 Å². The SMILES string of the molecule is COc1ccc(C(O)=C2C(=O)C(=O)N[C@H]2c2ccccc2Cl)cc1.